The van der Waals surface area contributed by atoms with Crippen molar-refractivity contribution in [3.8, 4) is 5.69 Å². The van der Waals surface area contributed by atoms with Gasteiger partial charge in [-0.25, -0.2) is 4.79 Å². The average Bonchev–Trinajstić information content (AvgIpc) is 3.63. The van der Waals surface area contributed by atoms with Crippen molar-refractivity contribution >= 4 is 46.2 Å². The molecule has 0 saturated carbocycles. The molecule has 2 N–H and O–H groups in total. The van der Waals surface area contributed by atoms with Crippen LogP contribution in [0.4, 0.5) is 0 Å². The Hall–Kier alpha value is -5.09. The van der Waals surface area contributed by atoms with Gasteiger partial charge in [0, 0.05) is 57.2 Å². The predicted octanol–water partition coefficient (Wildman–Crippen LogP) is 5.22. The van der Waals surface area contributed by atoms with Crippen LogP contribution in [0.15, 0.2) is 79.1 Å². The summed E-state index contributed by atoms with van der Waals surface area (Å²) in [6, 6.07) is 18.3. The van der Waals surface area contributed by atoms with Crippen molar-refractivity contribution in [1.82, 2.24) is 30.1 Å². The van der Waals surface area contributed by atoms with Gasteiger partial charge in [0.05, 0.1) is 11.3 Å². The Morgan fingerprint density at radius 3 is 2.58 bits per heavy atom. The van der Waals surface area contributed by atoms with Gasteiger partial charge in [0.25, 0.3) is 0 Å². The molecule has 0 aliphatic carbocycles. The number of hydrogen-bond donors (Lipinski definition) is 2. The van der Waals surface area contributed by atoms with Gasteiger partial charge in [-0.3, -0.25) is 9.59 Å². The number of carbonyl (C=O) groups excluding carboxylic acids is 2. The molecule has 0 bridgehead atoms. The molecule has 3 aromatic carbocycles. The number of aromatic carboxylic acids is 1. The molecule has 2 aromatic heterocycles. The summed E-state index contributed by atoms with van der Waals surface area (Å²) < 4.78 is 1.48. The molecule has 1 amide bonds. The standard InChI is InChI=1S/C32H27ClN6O4/c1-32(2)17-25-29(23-5-3-4-6-24(23)35-25)30(27(40)15-19-7-9-20(10-8-19)31(42)43)39(32)28(41)14-11-21-16-22(33)12-13-26(21)38-18-34-36-37-38/h3-14,16,18,30,35H,15,17H2,1-2H3,(H,42,43)/b14-11+. The van der Waals surface area contributed by atoms with E-state index in [1.54, 1.807) is 41.3 Å². The molecule has 1 aliphatic heterocycles. The second-order valence-electron chi connectivity index (χ2n) is 11.1. The molecule has 3 heterocycles. The number of benzene rings is 3. The number of nitrogens with zero attached hydrogens (tertiary/aromatic N) is 5. The van der Waals surface area contributed by atoms with Crippen LogP contribution in [0.2, 0.25) is 5.02 Å². The van der Waals surface area contributed by atoms with E-state index in [0.29, 0.717) is 28.3 Å². The Morgan fingerprint density at radius 1 is 1.09 bits per heavy atom. The molecule has 6 rings (SSSR count). The molecule has 1 aliphatic rings. The summed E-state index contributed by atoms with van der Waals surface area (Å²) in [6.45, 7) is 3.89. The summed E-state index contributed by atoms with van der Waals surface area (Å²) in [5.41, 5.74) is 3.91. The van der Waals surface area contributed by atoms with Crippen molar-refractivity contribution in [3.63, 3.8) is 0 Å². The summed E-state index contributed by atoms with van der Waals surface area (Å²) in [5, 5.41) is 22.0. The van der Waals surface area contributed by atoms with Crippen LogP contribution < -0.4 is 0 Å². The molecule has 216 valence electrons. The molecule has 0 fully saturated rings. The number of aromatic amines is 1. The number of H-pyrrole nitrogens is 1. The van der Waals surface area contributed by atoms with E-state index >= 15 is 0 Å². The summed E-state index contributed by atoms with van der Waals surface area (Å²) in [4.78, 5) is 44.9. The van der Waals surface area contributed by atoms with Crippen LogP contribution in [0.25, 0.3) is 22.7 Å². The Balaban J connectivity index is 1.41. The van der Waals surface area contributed by atoms with E-state index in [9.17, 15) is 19.5 Å². The number of carbonyl (C=O) groups is 3. The van der Waals surface area contributed by atoms with Crippen LogP contribution >= 0.6 is 11.6 Å². The number of rotatable bonds is 7. The quantitative estimate of drug-likeness (QED) is 0.247. The summed E-state index contributed by atoms with van der Waals surface area (Å²) in [6.07, 6.45) is 5.08. The van der Waals surface area contributed by atoms with Crippen LogP contribution in [0.1, 0.15) is 52.6 Å². The molecule has 10 nitrogen and oxygen atoms in total. The van der Waals surface area contributed by atoms with Gasteiger partial charge in [0.2, 0.25) is 5.91 Å². The highest BCUT2D eigenvalue weighted by molar-refractivity contribution is 6.30. The van der Waals surface area contributed by atoms with E-state index in [2.05, 4.69) is 20.5 Å². The number of carboxylic acid groups (broad SMARTS) is 1. The third-order valence-corrected chi connectivity index (χ3v) is 7.97. The van der Waals surface area contributed by atoms with E-state index in [0.717, 1.165) is 22.2 Å². The Morgan fingerprint density at radius 2 is 1.86 bits per heavy atom. The van der Waals surface area contributed by atoms with Crippen molar-refractivity contribution in [3.05, 3.63) is 112 Å². The fraction of sp³-hybridized carbons (Fsp3) is 0.188. The monoisotopic (exact) mass is 594 g/mol. The van der Waals surface area contributed by atoms with Crippen molar-refractivity contribution in [2.45, 2.75) is 38.3 Å². The third kappa shape index (κ3) is 5.32. The molecule has 0 radical (unpaired) electrons. The maximum atomic E-state index is 14.2. The number of hydrogen-bond acceptors (Lipinski definition) is 6. The molecule has 0 saturated heterocycles. The van der Waals surface area contributed by atoms with Crippen molar-refractivity contribution < 1.29 is 19.5 Å². The first-order valence-electron chi connectivity index (χ1n) is 13.6. The van der Waals surface area contributed by atoms with E-state index in [-0.39, 0.29) is 23.7 Å². The van der Waals surface area contributed by atoms with Gasteiger partial charge < -0.3 is 15.0 Å². The fourth-order valence-electron chi connectivity index (χ4n) is 5.84. The average molecular weight is 595 g/mol. The van der Waals surface area contributed by atoms with Crippen LogP contribution in [0, 0.1) is 0 Å². The lowest BCUT2D eigenvalue weighted by atomic mass is 9.81. The van der Waals surface area contributed by atoms with Crippen molar-refractivity contribution in [1.29, 1.82) is 0 Å². The number of carboxylic acids is 1. The third-order valence-electron chi connectivity index (χ3n) is 7.73. The lowest BCUT2D eigenvalue weighted by molar-refractivity contribution is -0.143. The van der Waals surface area contributed by atoms with Crippen LogP contribution in [0.3, 0.4) is 0 Å². The minimum Gasteiger partial charge on any atom is -0.478 e. The van der Waals surface area contributed by atoms with Gasteiger partial charge in [0.15, 0.2) is 5.78 Å². The molecule has 5 aromatic rings. The van der Waals surface area contributed by atoms with E-state index in [1.165, 1.54) is 29.2 Å². The highest BCUT2D eigenvalue weighted by Gasteiger charge is 2.46. The molecule has 1 atom stereocenters. The number of nitrogens with one attached hydrogen (secondary N) is 1. The molecule has 43 heavy (non-hydrogen) atoms. The second kappa shape index (κ2) is 11.0. The first kappa shape index (κ1) is 28.0. The SMILES string of the molecule is CC1(C)Cc2[nH]c3ccccc3c2C(C(=O)Cc2ccc(C(=O)O)cc2)N1C(=O)/C=C/c1cc(Cl)ccc1-n1cnnn1. The van der Waals surface area contributed by atoms with E-state index in [4.69, 9.17) is 11.6 Å². The first-order valence-corrected chi connectivity index (χ1v) is 14.0. The smallest absolute Gasteiger partial charge is 0.335 e. The number of ketones is 1. The normalized spacial score (nSPS) is 16.0. The number of para-hydroxylation sites is 1. The zero-order chi connectivity index (χ0) is 30.3. The van der Waals surface area contributed by atoms with Gasteiger partial charge in [-0.05, 0) is 72.3 Å². The van der Waals surface area contributed by atoms with E-state index < -0.39 is 17.6 Å². The number of fused-ring (bicyclic) bond motifs is 3. The lowest BCUT2D eigenvalue weighted by Crippen LogP contribution is -2.55. The number of amides is 1. The first-order chi connectivity index (χ1) is 20.6. The molecule has 1 unspecified atom stereocenters. The van der Waals surface area contributed by atoms with Crippen molar-refractivity contribution in [2.75, 3.05) is 0 Å². The van der Waals surface area contributed by atoms with Crippen molar-refractivity contribution in [2.24, 2.45) is 0 Å². The zero-order valence-electron chi connectivity index (χ0n) is 23.4. The van der Waals surface area contributed by atoms with Gasteiger partial charge in [-0.1, -0.05) is 41.9 Å². The summed E-state index contributed by atoms with van der Waals surface area (Å²) >= 11 is 6.28. The highest BCUT2D eigenvalue weighted by atomic mass is 35.5. The summed E-state index contributed by atoms with van der Waals surface area (Å²) in [5.74, 6) is -1.56. The van der Waals surface area contributed by atoms with Gasteiger partial charge in [-0.15, -0.1) is 5.10 Å². The van der Waals surface area contributed by atoms with Crippen LogP contribution in [0.5, 0.6) is 0 Å². The number of halogens is 1. The fourth-order valence-corrected chi connectivity index (χ4v) is 6.02. The maximum Gasteiger partial charge on any atom is 0.335 e. The molecular formula is C32H27ClN6O4. The Bertz CT molecular complexity index is 1890. The second-order valence-corrected chi connectivity index (χ2v) is 11.5. The zero-order valence-corrected chi connectivity index (χ0v) is 24.1. The highest BCUT2D eigenvalue weighted by Crippen LogP contribution is 2.43. The largest absolute Gasteiger partial charge is 0.478 e. The van der Waals surface area contributed by atoms with Crippen LogP contribution in [-0.4, -0.2) is 58.4 Å². The maximum absolute atomic E-state index is 14.2. The Kier molecular flexibility index (Phi) is 7.15. The van der Waals surface area contributed by atoms with Crippen LogP contribution in [-0.2, 0) is 22.4 Å². The molecular weight excluding hydrogens is 568 g/mol. The summed E-state index contributed by atoms with van der Waals surface area (Å²) in [7, 11) is 0. The number of tetrazole rings is 1. The minimum absolute atomic E-state index is 0.0187. The van der Waals surface area contributed by atoms with Gasteiger partial charge in [0.1, 0.15) is 12.4 Å². The van der Waals surface area contributed by atoms with E-state index in [1.807, 2.05) is 38.1 Å². The lowest BCUT2D eigenvalue weighted by Gasteiger charge is -2.46. The molecule has 11 heteroatoms. The topological polar surface area (TPSA) is 134 Å². The number of aromatic nitrogens is 5. The van der Waals surface area contributed by atoms with Gasteiger partial charge >= 0.3 is 5.97 Å². The minimum atomic E-state index is -1.04. The van der Waals surface area contributed by atoms with Gasteiger partial charge in [-0.2, -0.15) is 4.68 Å². The number of Topliss-reactive ketones (excluding diaryl/α,β-unsaturated/α-hetero) is 1. The Labute approximate surface area is 251 Å². The predicted molar refractivity (Wildman–Crippen MR) is 161 cm³/mol. The molecule has 0 spiro atoms.